The molecule has 5 heteroatoms. The van der Waals surface area contributed by atoms with Crippen LogP contribution in [0, 0.1) is 0 Å². The summed E-state index contributed by atoms with van der Waals surface area (Å²) in [6.45, 7) is 2.11. The zero-order chi connectivity index (χ0) is 13.8. The van der Waals surface area contributed by atoms with Gasteiger partial charge in [-0.2, -0.15) is 0 Å². The van der Waals surface area contributed by atoms with Crippen molar-refractivity contribution in [2.45, 2.75) is 44.8 Å². The van der Waals surface area contributed by atoms with E-state index in [4.69, 9.17) is 0 Å². The highest BCUT2D eigenvalue weighted by Gasteiger charge is 2.43. The maximum absolute atomic E-state index is 12.3. The zero-order valence-corrected chi connectivity index (χ0v) is 10.7. The first-order chi connectivity index (χ1) is 8.99. The van der Waals surface area contributed by atoms with Crippen molar-refractivity contribution in [2.24, 2.45) is 0 Å². The molecule has 2 aliphatic rings. The summed E-state index contributed by atoms with van der Waals surface area (Å²) in [5.41, 5.74) is -0.672. The molecule has 100 valence electrons. The van der Waals surface area contributed by atoms with E-state index in [0.29, 0.717) is 36.2 Å². The Labute approximate surface area is 109 Å². The minimum atomic E-state index is -1.61. The Hall–Kier alpha value is -1.75. The molecule has 1 atom stereocenters. The summed E-state index contributed by atoms with van der Waals surface area (Å²) in [7, 11) is 0. The van der Waals surface area contributed by atoms with Gasteiger partial charge in [-0.1, -0.05) is 6.92 Å². The third-order valence-electron chi connectivity index (χ3n) is 4.27. The molecular weight excluding hydrogens is 246 g/mol. The van der Waals surface area contributed by atoms with Gasteiger partial charge >= 0.3 is 0 Å². The molecule has 0 radical (unpaired) electrons. The van der Waals surface area contributed by atoms with E-state index in [-0.39, 0.29) is 30.0 Å². The second kappa shape index (κ2) is 3.87. The predicted octanol–water partition coefficient (Wildman–Crippen LogP) is 0.548. The molecule has 1 N–H and O–H groups in total. The number of pyridine rings is 1. The van der Waals surface area contributed by atoms with E-state index in [2.05, 4.69) is 0 Å². The van der Waals surface area contributed by atoms with Gasteiger partial charge in [0.2, 0.25) is 0 Å². The van der Waals surface area contributed by atoms with Gasteiger partial charge in [-0.05, 0) is 18.9 Å². The van der Waals surface area contributed by atoms with Crippen LogP contribution >= 0.6 is 0 Å². The molecule has 0 saturated carbocycles. The topological polar surface area (TPSA) is 76.4 Å². The van der Waals surface area contributed by atoms with Crippen molar-refractivity contribution >= 4 is 11.6 Å². The Morgan fingerprint density at radius 2 is 2.00 bits per heavy atom. The molecule has 1 aliphatic heterocycles. The summed E-state index contributed by atoms with van der Waals surface area (Å²) in [5, 5.41) is 10.5. The van der Waals surface area contributed by atoms with Gasteiger partial charge in [0.15, 0.2) is 11.6 Å². The number of Topliss-reactive ketones (excluding diaryl/α,β-unsaturated/α-hetero) is 2. The minimum absolute atomic E-state index is 0.101. The molecule has 0 aromatic carbocycles. The van der Waals surface area contributed by atoms with Crippen molar-refractivity contribution < 1.29 is 14.7 Å². The average Bonchev–Trinajstić information content (AvgIpc) is 2.77. The number of carbonyl (C=O) groups is 2. The fraction of sp³-hybridized carbons (Fsp3) is 0.500. The fourth-order valence-electron chi connectivity index (χ4n) is 3.08. The summed E-state index contributed by atoms with van der Waals surface area (Å²) < 4.78 is 1.47. The maximum atomic E-state index is 12.3. The van der Waals surface area contributed by atoms with Crippen LogP contribution in [0.25, 0.3) is 0 Å². The molecule has 5 nitrogen and oxygen atoms in total. The highest BCUT2D eigenvalue weighted by molar-refractivity contribution is 5.97. The molecule has 1 aliphatic carbocycles. The Bertz CT molecular complexity index is 658. The Morgan fingerprint density at radius 3 is 2.68 bits per heavy atom. The molecule has 3 rings (SSSR count). The van der Waals surface area contributed by atoms with Gasteiger partial charge in [-0.25, -0.2) is 0 Å². The number of aliphatic hydroxyl groups is 1. The SMILES string of the molecule is CCC1(O)C(=O)CCc2c1cc1n(c2=O)CCC1=O. The van der Waals surface area contributed by atoms with E-state index in [1.54, 1.807) is 13.0 Å². The van der Waals surface area contributed by atoms with Gasteiger partial charge in [0.05, 0.1) is 5.69 Å². The van der Waals surface area contributed by atoms with Crippen molar-refractivity contribution in [3.8, 4) is 0 Å². The van der Waals surface area contributed by atoms with Crippen LogP contribution < -0.4 is 5.56 Å². The van der Waals surface area contributed by atoms with Crippen LogP contribution in [0.5, 0.6) is 0 Å². The number of carbonyl (C=O) groups excluding carboxylic acids is 2. The van der Waals surface area contributed by atoms with Gasteiger partial charge in [-0.15, -0.1) is 0 Å². The normalized spacial score (nSPS) is 25.4. The highest BCUT2D eigenvalue weighted by Crippen LogP contribution is 2.35. The van der Waals surface area contributed by atoms with E-state index in [9.17, 15) is 19.5 Å². The summed E-state index contributed by atoms with van der Waals surface area (Å²) >= 11 is 0. The van der Waals surface area contributed by atoms with Crippen LogP contribution in [0.2, 0.25) is 0 Å². The van der Waals surface area contributed by atoms with Gasteiger partial charge < -0.3 is 9.67 Å². The lowest BCUT2D eigenvalue weighted by atomic mass is 9.77. The first-order valence-electron chi connectivity index (χ1n) is 6.55. The molecule has 19 heavy (non-hydrogen) atoms. The lowest BCUT2D eigenvalue weighted by molar-refractivity contribution is -0.140. The standard InChI is InChI=1S/C14H15NO4/c1-2-14(19)9-7-10-11(16)5-6-15(10)13(18)8(9)3-4-12(14)17/h7,19H,2-6H2,1H3. The number of hydrogen-bond donors (Lipinski definition) is 1. The lowest BCUT2D eigenvalue weighted by Crippen LogP contribution is -2.43. The molecule has 0 fully saturated rings. The third-order valence-corrected chi connectivity index (χ3v) is 4.27. The van der Waals surface area contributed by atoms with Crippen LogP contribution in [0.4, 0.5) is 0 Å². The molecule has 1 unspecified atom stereocenters. The van der Waals surface area contributed by atoms with Crippen LogP contribution in [-0.2, 0) is 23.4 Å². The van der Waals surface area contributed by atoms with Crippen molar-refractivity contribution in [2.75, 3.05) is 0 Å². The van der Waals surface area contributed by atoms with E-state index < -0.39 is 5.60 Å². The zero-order valence-electron chi connectivity index (χ0n) is 10.7. The maximum Gasteiger partial charge on any atom is 0.254 e. The molecule has 0 bridgehead atoms. The van der Waals surface area contributed by atoms with Crippen molar-refractivity contribution in [3.05, 3.63) is 33.2 Å². The summed E-state index contributed by atoms with van der Waals surface area (Å²) in [6, 6.07) is 1.55. The molecule has 2 heterocycles. The first-order valence-corrected chi connectivity index (χ1v) is 6.55. The van der Waals surface area contributed by atoms with Crippen LogP contribution in [0.1, 0.15) is 47.8 Å². The number of ketones is 2. The highest BCUT2D eigenvalue weighted by atomic mass is 16.3. The van der Waals surface area contributed by atoms with Crippen molar-refractivity contribution in [1.82, 2.24) is 4.57 Å². The number of fused-ring (bicyclic) bond motifs is 2. The van der Waals surface area contributed by atoms with Crippen LogP contribution in [-0.4, -0.2) is 21.2 Å². The summed E-state index contributed by atoms with van der Waals surface area (Å²) in [5.74, 6) is -0.367. The van der Waals surface area contributed by atoms with Gasteiger partial charge in [0.1, 0.15) is 5.60 Å². The molecule has 0 spiro atoms. The minimum Gasteiger partial charge on any atom is -0.377 e. The average molecular weight is 261 g/mol. The monoisotopic (exact) mass is 261 g/mol. The smallest absolute Gasteiger partial charge is 0.254 e. The summed E-state index contributed by atoms with van der Waals surface area (Å²) in [6.07, 6.45) is 1.07. The summed E-state index contributed by atoms with van der Waals surface area (Å²) in [4.78, 5) is 36.1. The van der Waals surface area contributed by atoms with Crippen LogP contribution in [0.15, 0.2) is 10.9 Å². The number of rotatable bonds is 1. The second-order valence-electron chi connectivity index (χ2n) is 5.19. The van der Waals surface area contributed by atoms with E-state index >= 15 is 0 Å². The molecule has 1 aromatic heterocycles. The second-order valence-corrected chi connectivity index (χ2v) is 5.19. The van der Waals surface area contributed by atoms with Gasteiger partial charge in [0.25, 0.3) is 5.56 Å². The van der Waals surface area contributed by atoms with Crippen molar-refractivity contribution in [1.29, 1.82) is 0 Å². The number of hydrogen-bond acceptors (Lipinski definition) is 4. The van der Waals surface area contributed by atoms with E-state index in [1.807, 2.05) is 0 Å². The third kappa shape index (κ3) is 1.48. The Kier molecular flexibility index (Phi) is 2.50. The number of aromatic nitrogens is 1. The lowest BCUT2D eigenvalue weighted by Gasteiger charge is -2.32. The van der Waals surface area contributed by atoms with E-state index in [0.717, 1.165) is 0 Å². The Morgan fingerprint density at radius 1 is 1.26 bits per heavy atom. The predicted molar refractivity (Wildman–Crippen MR) is 67.2 cm³/mol. The first kappa shape index (κ1) is 12.3. The molecule has 1 aromatic rings. The largest absolute Gasteiger partial charge is 0.377 e. The van der Waals surface area contributed by atoms with Crippen molar-refractivity contribution in [3.63, 3.8) is 0 Å². The van der Waals surface area contributed by atoms with Gasteiger partial charge in [0, 0.05) is 30.5 Å². The van der Waals surface area contributed by atoms with Crippen LogP contribution in [0.3, 0.4) is 0 Å². The molecular formula is C14H15NO4. The van der Waals surface area contributed by atoms with E-state index in [1.165, 1.54) is 4.57 Å². The van der Waals surface area contributed by atoms with Gasteiger partial charge in [-0.3, -0.25) is 14.4 Å². The molecule has 0 saturated heterocycles. The molecule has 0 amide bonds. The number of nitrogens with zero attached hydrogens (tertiary/aromatic N) is 1. The Balaban J connectivity index is 2.33. The quantitative estimate of drug-likeness (QED) is 0.800. The fourth-order valence-corrected chi connectivity index (χ4v) is 3.08.